The lowest BCUT2D eigenvalue weighted by Gasteiger charge is -2.14. The molecule has 0 aliphatic rings. The van der Waals surface area contributed by atoms with Crippen molar-refractivity contribution in [2.24, 2.45) is 0 Å². The molecule has 6 heteroatoms. The summed E-state index contributed by atoms with van der Waals surface area (Å²) < 4.78 is 6.19. The Labute approximate surface area is 118 Å². The number of methoxy groups -OCH3 is 1. The Morgan fingerprint density at radius 2 is 2.17 bits per heavy atom. The van der Waals surface area contributed by atoms with Crippen molar-refractivity contribution >= 4 is 44.6 Å². The first-order chi connectivity index (χ1) is 8.61. The van der Waals surface area contributed by atoms with E-state index >= 15 is 0 Å². The van der Waals surface area contributed by atoms with Crippen molar-refractivity contribution in [3.05, 3.63) is 40.1 Å². The van der Waals surface area contributed by atoms with Gasteiger partial charge in [0.05, 0.1) is 35.4 Å². The van der Waals surface area contributed by atoms with Gasteiger partial charge in [-0.1, -0.05) is 27.5 Å². The van der Waals surface area contributed by atoms with E-state index in [1.54, 1.807) is 13.3 Å². The lowest BCUT2D eigenvalue weighted by atomic mass is 10.2. The van der Waals surface area contributed by atoms with Crippen LogP contribution in [0.15, 0.2) is 35.1 Å². The fourth-order valence-corrected chi connectivity index (χ4v) is 2.07. The van der Waals surface area contributed by atoms with E-state index in [2.05, 4.69) is 26.2 Å². The highest BCUT2D eigenvalue weighted by atomic mass is 79.9. The summed E-state index contributed by atoms with van der Waals surface area (Å²) in [5, 5.41) is 3.60. The normalized spacial score (nSPS) is 10.2. The van der Waals surface area contributed by atoms with E-state index < -0.39 is 0 Å². The molecule has 1 aromatic carbocycles. The molecule has 2 rings (SSSR count). The van der Waals surface area contributed by atoms with Gasteiger partial charge in [0.15, 0.2) is 0 Å². The largest absolute Gasteiger partial charge is 0.495 e. The second kappa shape index (κ2) is 5.46. The van der Waals surface area contributed by atoms with E-state index in [0.717, 1.165) is 10.2 Å². The quantitative estimate of drug-likeness (QED) is 0.899. The van der Waals surface area contributed by atoms with Crippen LogP contribution in [0.5, 0.6) is 5.75 Å². The highest BCUT2D eigenvalue weighted by Crippen LogP contribution is 2.35. The average molecular weight is 329 g/mol. The second-order valence-electron chi connectivity index (χ2n) is 3.56. The van der Waals surface area contributed by atoms with Crippen molar-refractivity contribution in [2.75, 3.05) is 18.2 Å². The van der Waals surface area contributed by atoms with E-state index in [4.69, 9.17) is 22.1 Å². The monoisotopic (exact) mass is 327 g/mol. The van der Waals surface area contributed by atoms with Gasteiger partial charge in [-0.15, -0.1) is 0 Å². The second-order valence-corrected chi connectivity index (χ2v) is 4.88. The third-order valence-corrected chi connectivity index (χ3v) is 3.13. The van der Waals surface area contributed by atoms with Crippen LogP contribution in [0.1, 0.15) is 0 Å². The standard InChI is InChI=1S/C12H11BrClN3O/c1-18-11-3-2-7(13)4-10(11)17-12-8(14)5-16-6-9(12)15/h2-6H,15H2,1H3,(H,16,17). The molecule has 0 saturated heterocycles. The minimum Gasteiger partial charge on any atom is -0.495 e. The zero-order valence-corrected chi connectivity index (χ0v) is 11.9. The Kier molecular flexibility index (Phi) is 3.93. The number of nitrogens with one attached hydrogen (secondary N) is 1. The molecule has 94 valence electrons. The van der Waals surface area contributed by atoms with Gasteiger partial charge in [0, 0.05) is 10.7 Å². The molecule has 0 radical (unpaired) electrons. The Bertz CT molecular complexity index is 557. The molecule has 3 N–H and O–H groups in total. The number of ether oxygens (including phenoxy) is 1. The summed E-state index contributed by atoms with van der Waals surface area (Å²) in [6, 6.07) is 5.62. The first kappa shape index (κ1) is 13.0. The van der Waals surface area contributed by atoms with Gasteiger partial charge in [0.25, 0.3) is 0 Å². The lowest BCUT2D eigenvalue weighted by molar-refractivity contribution is 0.417. The highest BCUT2D eigenvalue weighted by Gasteiger charge is 2.09. The summed E-state index contributed by atoms with van der Waals surface area (Å²) in [6.07, 6.45) is 3.07. The fraction of sp³-hybridized carbons (Fsp3) is 0.0833. The fourth-order valence-electron chi connectivity index (χ4n) is 1.49. The van der Waals surface area contributed by atoms with Crippen molar-refractivity contribution in [2.45, 2.75) is 0 Å². The number of nitrogen functional groups attached to an aromatic ring is 1. The number of halogens is 2. The molecule has 0 aliphatic heterocycles. The van der Waals surface area contributed by atoms with Gasteiger partial charge in [-0.3, -0.25) is 4.98 Å². The number of benzene rings is 1. The van der Waals surface area contributed by atoms with Gasteiger partial charge >= 0.3 is 0 Å². The van der Waals surface area contributed by atoms with Gasteiger partial charge in [-0.05, 0) is 18.2 Å². The zero-order chi connectivity index (χ0) is 13.1. The maximum absolute atomic E-state index is 6.06. The van der Waals surface area contributed by atoms with Crippen LogP contribution in [0, 0.1) is 0 Å². The number of hydrogen-bond acceptors (Lipinski definition) is 4. The van der Waals surface area contributed by atoms with E-state index in [9.17, 15) is 0 Å². The molecule has 0 unspecified atom stereocenters. The summed E-state index contributed by atoms with van der Waals surface area (Å²) in [4.78, 5) is 3.91. The number of hydrogen-bond donors (Lipinski definition) is 2. The van der Waals surface area contributed by atoms with Crippen molar-refractivity contribution in [1.82, 2.24) is 4.98 Å². The van der Waals surface area contributed by atoms with Crippen LogP contribution in [0.25, 0.3) is 0 Å². The van der Waals surface area contributed by atoms with Crippen LogP contribution < -0.4 is 15.8 Å². The van der Waals surface area contributed by atoms with Crippen LogP contribution in [-0.4, -0.2) is 12.1 Å². The average Bonchev–Trinajstić information content (AvgIpc) is 2.34. The molecule has 0 spiro atoms. The van der Waals surface area contributed by atoms with Crippen molar-refractivity contribution < 1.29 is 4.74 Å². The molecule has 1 heterocycles. The van der Waals surface area contributed by atoms with Crippen molar-refractivity contribution in [1.29, 1.82) is 0 Å². The lowest BCUT2D eigenvalue weighted by Crippen LogP contribution is -2.00. The summed E-state index contributed by atoms with van der Waals surface area (Å²) in [6.45, 7) is 0. The first-order valence-electron chi connectivity index (χ1n) is 5.11. The SMILES string of the molecule is COc1ccc(Br)cc1Nc1c(N)cncc1Cl. The molecule has 2 aromatic rings. The molecular weight excluding hydrogens is 318 g/mol. The van der Waals surface area contributed by atoms with Crippen LogP contribution in [-0.2, 0) is 0 Å². The van der Waals surface area contributed by atoms with Gasteiger partial charge in [0.2, 0.25) is 0 Å². The number of aromatic nitrogens is 1. The van der Waals surface area contributed by atoms with Gasteiger partial charge in [-0.2, -0.15) is 0 Å². The Morgan fingerprint density at radius 1 is 1.39 bits per heavy atom. The Hall–Kier alpha value is -1.46. The molecule has 0 bridgehead atoms. The molecule has 18 heavy (non-hydrogen) atoms. The molecule has 0 fully saturated rings. The minimum atomic E-state index is 0.456. The highest BCUT2D eigenvalue weighted by molar-refractivity contribution is 9.10. The predicted molar refractivity (Wildman–Crippen MR) is 77.6 cm³/mol. The summed E-state index contributed by atoms with van der Waals surface area (Å²) in [5.41, 5.74) is 7.70. The van der Waals surface area contributed by atoms with E-state index in [0.29, 0.717) is 22.1 Å². The molecule has 0 amide bonds. The number of nitrogens with zero attached hydrogens (tertiary/aromatic N) is 1. The maximum Gasteiger partial charge on any atom is 0.142 e. The minimum absolute atomic E-state index is 0.456. The molecule has 0 atom stereocenters. The van der Waals surface area contributed by atoms with E-state index in [1.165, 1.54) is 6.20 Å². The van der Waals surface area contributed by atoms with Crippen molar-refractivity contribution in [3.8, 4) is 5.75 Å². The topological polar surface area (TPSA) is 60.2 Å². The Morgan fingerprint density at radius 3 is 2.83 bits per heavy atom. The predicted octanol–water partition coefficient (Wildman–Crippen LogP) is 3.83. The van der Waals surface area contributed by atoms with Gasteiger partial charge in [0.1, 0.15) is 5.75 Å². The third kappa shape index (κ3) is 2.68. The van der Waals surface area contributed by atoms with Crippen LogP contribution in [0.2, 0.25) is 5.02 Å². The molecule has 0 aliphatic carbocycles. The van der Waals surface area contributed by atoms with Crippen molar-refractivity contribution in [3.63, 3.8) is 0 Å². The summed E-state index contributed by atoms with van der Waals surface area (Å²) >= 11 is 9.46. The summed E-state index contributed by atoms with van der Waals surface area (Å²) in [5.74, 6) is 0.700. The number of rotatable bonds is 3. The zero-order valence-electron chi connectivity index (χ0n) is 9.58. The molecule has 0 saturated carbocycles. The van der Waals surface area contributed by atoms with Crippen LogP contribution >= 0.6 is 27.5 Å². The first-order valence-corrected chi connectivity index (χ1v) is 6.28. The van der Waals surface area contributed by atoms with Gasteiger partial charge < -0.3 is 15.8 Å². The summed E-state index contributed by atoms with van der Waals surface area (Å²) in [7, 11) is 1.60. The number of pyridine rings is 1. The number of nitrogens with two attached hydrogens (primary N) is 1. The number of anilines is 3. The van der Waals surface area contributed by atoms with Crippen LogP contribution in [0.4, 0.5) is 17.1 Å². The van der Waals surface area contributed by atoms with E-state index in [-0.39, 0.29) is 0 Å². The smallest absolute Gasteiger partial charge is 0.142 e. The molecule has 1 aromatic heterocycles. The van der Waals surface area contributed by atoms with E-state index in [1.807, 2.05) is 18.2 Å². The third-order valence-electron chi connectivity index (χ3n) is 2.35. The van der Waals surface area contributed by atoms with Gasteiger partial charge in [-0.25, -0.2) is 0 Å². The molecule has 4 nitrogen and oxygen atoms in total. The molecular formula is C12H11BrClN3O. The maximum atomic E-state index is 6.06. The Balaban J connectivity index is 2.42. The van der Waals surface area contributed by atoms with Crippen LogP contribution in [0.3, 0.4) is 0 Å².